The van der Waals surface area contributed by atoms with Gasteiger partial charge >= 0.3 is 0 Å². The van der Waals surface area contributed by atoms with E-state index >= 15 is 0 Å². The Hall–Kier alpha value is -0.770. The number of nitrogens with one attached hydrogen (secondary N) is 1. The summed E-state index contributed by atoms with van der Waals surface area (Å²) in [6, 6.07) is 6.20. The fourth-order valence-corrected chi connectivity index (χ4v) is 2.95. The Bertz CT molecular complexity index is 450. The first kappa shape index (κ1) is 16.6. The second-order valence-electron chi connectivity index (χ2n) is 6.24. The quantitative estimate of drug-likeness (QED) is 0.897. The smallest absolute Gasteiger partial charge is 0.0721 e. The minimum atomic E-state index is 0.267. The summed E-state index contributed by atoms with van der Waals surface area (Å²) < 4.78 is 5.75. The fourth-order valence-electron chi connectivity index (χ4n) is 2.72. The van der Waals surface area contributed by atoms with E-state index < -0.39 is 0 Å². The normalized spacial score (nSPS) is 19.9. The molecular weight excluding hydrogens is 284 g/mol. The van der Waals surface area contributed by atoms with Gasteiger partial charge in [-0.15, -0.1) is 0 Å². The van der Waals surface area contributed by atoms with Gasteiger partial charge in [-0.3, -0.25) is 0 Å². The Kier molecular flexibility index (Phi) is 6.34. The number of benzene rings is 1. The largest absolute Gasteiger partial charge is 0.377 e. The van der Waals surface area contributed by atoms with E-state index in [1.165, 1.54) is 11.3 Å². The molecule has 1 aromatic carbocycles. The first-order valence-electron chi connectivity index (χ1n) is 7.92. The van der Waals surface area contributed by atoms with Crippen molar-refractivity contribution < 1.29 is 4.74 Å². The number of rotatable bonds is 5. The van der Waals surface area contributed by atoms with E-state index in [4.69, 9.17) is 16.3 Å². The third kappa shape index (κ3) is 4.87. The van der Waals surface area contributed by atoms with Crippen molar-refractivity contribution in [2.45, 2.75) is 39.8 Å². The molecule has 1 heterocycles. The van der Waals surface area contributed by atoms with Crippen molar-refractivity contribution in [2.75, 3.05) is 31.1 Å². The minimum Gasteiger partial charge on any atom is -0.377 e. The number of anilines is 1. The maximum absolute atomic E-state index is 6.44. The first-order valence-corrected chi connectivity index (χ1v) is 8.30. The van der Waals surface area contributed by atoms with Gasteiger partial charge in [-0.1, -0.05) is 31.5 Å². The van der Waals surface area contributed by atoms with Gasteiger partial charge in [-0.25, -0.2) is 0 Å². The predicted molar refractivity (Wildman–Crippen MR) is 90.2 cm³/mol. The molecule has 0 bridgehead atoms. The molecule has 2 rings (SSSR count). The predicted octanol–water partition coefficient (Wildman–Crippen LogP) is 3.70. The highest BCUT2D eigenvalue weighted by atomic mass is 35.5. The summed E-state index contributed by atoms with van der Waals surface area (Å²) in [5.41, 5.74) is 2.45. The molecule has 21 heavy (non-hydrogen) atoms. The molecule has 0 radical (unpaired) electrons. The van der Waals surface area contributed by atoms with Crippen LogP contribution >= 0.6 is 11.6 Å². The van der Waals surface area contributed by atoms with Crippen LogP contribution in [-0.4, -0.2) is 32.3 Å². The second-order valence-corrected chi connectivity index (χ2v) is 6.65. The van der Waals surface area contributed by atoms with E-state index in [0.29, 0.717) is 5.92 Å². The van der Waals surface area contributed by atoms with Gasteiger partial charge in [0.2, 0.25) is 0 Å². The SMILES string of the molecule is CC(C)CNCc1c(Cl)cccc1N1CCCOC(C)C1. The number of nitrogens with zero attached hydrogens (tertiary/aromatic N) is 1. The highest BCUT2D eigenvalue weighted by molar-refractivity contribution is 6.31. The van der Waals surface area contributed by atoms with Gasteiger partial charge < -0.3 is 15.0 Å². The lowest BCUT2D eigenvalue weighted by Crippen LogP contribution is -2.31. The summed E-state index contributed by atoms with van der Waals surface area (Å²) in [5, 5.41) is 4.35. The van der Waals surface area contributed by atoms with Crippen molar-refractivity contribution in [3.8, 4) is 0 Å². The zero-order valence-corrected chi connectivity index (χ0v) is 14.1. The zero-order valence-electron chi connectivity index (χ0n) is 13.4. The molecular formula is C17H27ClN2O. The van der Waals surface area contributed by atoms with E-state index in [9.17, 15) is 0 Å². The van der Waals surface area contributed by atoms with E-state index in [1.807, 2.05) is 12.1 Å². The number of ether oxygens (including phenoxy) is 1. The van der Waals surface area contributed by atoms with Crippen LogP contribution in [0.1, 0.15) is 32.8 Å². The van der Waals surface area contributed by atoms with Crippen LogP contribution in [0.3, 0.4) is 0 Å². The van der Waals surface area contributed by atoms with E-state index in [2.05, 4.69) is 37.1 Å². The molecule has 1 unspecified atom stereocenters. The Morgan fingerprint density at radius 3 is 3.00 bits per heavy atom. The summed E-state index contributed by atoms with van der Waals surface area (Å²) in [4.78, 5) is 2.41. The van der Waals surface area contributed by atoms with E-state index in [0.717, 1.165) is 44.2 Å². The lowest BCUT2D eigenvalue weighted by Gasteiger charge is -2.27. The van der Waals surface area contributed by atoms with Gasteiger partial charge in [0, 0.05) is 42.5 Å². The Morgan fingerprint density at radius 2 is 2.24 bits per heavy atom. The van der Waals surface area contributed by atoms with Crippen LogP contribution < -0.4 is 10.2 Å². The van der Waals surface area contributed by atoms with Gasteiger partial charge in [0.15, 0.2) is 0 Å². The molecule has 1 N–H and O–H groups in total. The summed E-state index contributed by atoms with van der Waals surface area (Å²) in [5.74, 6) is 0.641. The second kappa shape index (κ2) is 8.02. The summed E-state index contributed by atoms with van der Waals surface area (Å²) in [6.07, 6.45) is 1.33. The van der Waals surface area contributed by atoms with Crippen LogP contribution in [0.25, 0.3) is 0 Å². The van der Waals surface area contributed by atoms with Crippen LogP contribution in [0, 0.1) is 5.92 Å². The van der Waals surface area contributed by atoms with E-state index in [1.54, 1.807) is 0 Å². The molecule has 1 atom stereocenters. The van der Waals surface area contributed by atoms with Gasteiger partial charge in [0.25, 0.3) is 0 Å². The first-order chi connectivity index (χ1) is 10.1. The molecule has 0 aliphatic carbocycles. The molecule has 0 aromatic heterocycles. The number of hydrogen-bond donors (Lipinski definition) is 1. The Balaban J connectivity index is 2.15. The van der Waals surface area contributed by atoms with Crippen molar-refractivity contribution in [1.29, 1.82) is 0 Å². The maximum atomic E-state index is 6.44. The number of halogens is 1. The highest BCUT2D eigenvalue weighted by Gasteiger charge is 2.19. The minimum absolute atomic E-state index is 0.267. The molecule has 1 aliphatic heterocycles. The molecule has 3 nitrogen and oxygen atoms in total. The molecule has 4 heteroatoms. The van der Waals surface area contributed by atoms with Crippen molar-refractivity contribution in [1.82, 2.24) is 5.32 Å². The van der Waals surface area contributed by atoms with E-state index in [-0.39, 0.29) is 6.10 Å². The summed E-state index contributed by atoms with van der Waals surface area (Å²) in [7, 11) is 0. The van der Waals surface area contributed by atoms with Gasteiger partial charge in [-0.05, 0) is 37.9 Å². The molecule has 0 saturated carbocycles. The topological polar surface area (TPSA) is 24.5 Å². The van der Waals surface area contributed by atoms with Crippen molar-refractivity contribution >= 4 is 17.3 Å². The molecule has 1 saturated heterocycles. The molecule has 0 spiro atoms. The molecule has 1 aliphatic rings. The van der Waals surface area contributed by atoms with Crippen molar-refractivity contribution in [3.63, 3.8) is 0 Å². The van der Waals surface area contributed by atoms with Gasteiger partial charge in [0.1, 0.15) is 0 Å². The van der Waals surface area contributed by atoms with Crippen molar-refractivity contribution in [2.24, 2.45) is 5.92 Å². The lowest BCUT2D eigenvalue weighted by molar-refractivity contribution is 0.0821. The lowest BCUT2D eigenvalue weighted by atomic mass is 10.1. The monoisotopic (exact) mass is 310 g/mol. The van der Waals surface area contributed by atoms with Crippen LogP contribution in [0.2, 0.25) is 5.02 Å². The van der Waals surface area contributed by atoms with Crippen LogP contribution in [0.5, 0.6) is 0 Å². The third-order valence-electron chi connectivity index (χ3n) is 3.74. The van der Waals surface area contributed by atoms with Crippen LogP contribution in [0.4, 0.5) is 5.69 Å². The van der Waals surface area contributed by atoms with Crippen LogP contribution in [-0.2, 0) is 11.3 Å². The van der Waals surface area contributed by atoms with Gasteiger partial charge in [0.05, 0.1) is 6.10 Å². The molecule has 1 aromatic rings. The number of hydrogen-bond acceptors (Lipinski definition) is 3. The Morgan fingerprint density at radius 1 is 1.43 bits per heavy atom. The van der Waals surface area contributed by atoms with Crippen molar-refractivity contribution in [3.05, 3.63) is 28.8 Å². The zero-order chi connectivity index (χ0) is 15.2. The third-order valence-corrected chi connectivity index (χ3v) is 4.10. The Labute approximate surface area is 133 Å². The summed E-state index contributed by atoms with van der Waals surface area (Å²) >= 11 is 6.44. The highest BCUT2D eigenvalue weighted by Crippen LogP contribution is 2.29. The standard InChI is InChI=1S/C17H27ClN2O/c1-13(2)10-19-11-15-16(18)6-4-7-17(15)20-8-5-9-21-14(3)12-20/h4,6-7,13-14,19H,5,8-12H2,1-3H3. The fraction of sp³-hybridized carbons (Fsp3) is 0.647. The average molecular weight is 311 g/mol. The molecule has 1 fully saturated rings. The maximum Gasteiger partial charge on any atom is 0.0721 e. The molecule has 0 amide bonds. The summed E-state index contributed by atoms with van der Waals surface area (Å²) in [6.45, 7) is 11.2. The average Bonchev–Trinajstić information content (AvgIpc) is 2.65. The molecule has 118 valence electrons. The van der Waals surface area contributed by atoms with Gasteiger partial charge in [-0.2, -0.15) is 0 Å². The van der Waals surface area contributed by atoms with Crippen LogP contribution in [0.15, 0.2) is 18.2 Å².